The van der Waals surface area contributed by atoms with Gasteiger partial charge in [0.25, 0.3) is 0 Å². The topological polar surface area (TPSA) is 50.4 Å². The van der Waals surface area contributed by atoms with E-state index in [1.54, 1.807) is 36.0 Å². The van der Waals surface area contributed by atoms with E-state index in [0.29, 0.717) is 11.5 Å². The molecule has 1 saturated carbocycles. The summed E-state index contributed by atoms with van der Waals surface area (Å²) in [5, 5.41) is 10.4. The first kappa shape index (κ1) is 13.6. The normalized spacial score (nSPS) is 15.6. The second kappa shape index (κ2) is 5.29. The lowest BCUT2D eigenvalue weighted by molar-refractivity contribution is 0.0697. The van der Waals surface area contributed by atoms with Crippen molar-refractivity contribution in [2.75, 3.05) is 0 Å². The number of hydrogen-bond donors (Lipinski definition) is 1. The first-order valence-electron chi connectivity index (χ1n) is 7.56. The molecule has 22 heavy (non-hydrogen) atoms. The highest BCUT2D eigenvalue weighted by Gasteiger charge is 2.25. The van der Waals surface area contributed by atoms with Crippen LogP contribution in [0.1, 0.15) is 47.5 Å². The Labute approximate surface area is 132 Å². The number of carboxylic acid groups (broad SMARTS) is 1. The summed E-state index contributed by atoms with van der Waals surface area (Å²) in [7, 11) is 0. The van der Waals surface area contributed by atoms with Crippen molar-refractivity contribution in [3.63, 3.8) is 0 Å². The number of aromatic carboxylic acids is 1. The standard InChI is InChI=1S/C18H16O3S/c19-18(20)12-5-6-14-15(9-12)22-17(13-7-8-21-10-13)16(14)11-3-1-2-4-11/h5-11H,1-4H2,(H,19,20). The van der Waals surface area contributed by atoms with Gasteiger partial charge in [-0.3, -0.25) is 0 Å². The third-order valence-electron chi connectivity index (χ3n) is 4.52. The molecule has 112 valence electrons. The van der Waals surface area contributed by atoms with Crippen LogP contribution in [0.25, 0.3) is 20.5 Å². The molecule has 3 nitrogen and oxygen atoms in total. The SMILES string of the molecule is O=C(O)c1ccc2c(C3CCCC3)c(-c3ccoc3)sc2c1. The van der Waals surface area contributed by atoms with Crippen LogP contribution in [0.5, 0.6) is 0 Å². The van der Waals surface area contributed by atoms with Crippen molar-refractivity contribution in [3.8, 4) is 10.4 Å². The maximum Gasteiger partial charge on any atom is 0.335 e. The van der Waals surface area contributed by atoms with E-state index in [1.807, 2.05) is 12.1 Å². The van der Waals surface area contributed by atoms with E-state index < -0.39 is 5.97 Å². The molecule has 3 aromatic rings. The zero-order valence-electron chi connectivity index (χ0n) is 12.0. The van der Waals surface area contributed by atoms with Gasteiger partial charge in [-0.05, 0) is 47.9 Å². The van der Waals surface area contributed by atoms with E-state index in [9.17, 15) is 9.90 Å². The maximum absolute atomic E-state index is 11.2. The molecule has 1 aromatic carbocycles. The highest BCUT2D eigenvalue weighted by Crippen LogP contribution is 2.47. The molecule has 2 heterocycles. The maximum atomic E-state index is 11.2. The van der Waals surface area contributed by atoms with Gasteiger partial charge >= 0.3 is 5.97 Å². The minimum absolute atomic E-state index is 0.352. The number of carbonyl (C=O) groups is 1. The molecule has 0 radical (unpaired) electrons. The lowest BCUT2D eigenvalue weighted by Crippen LogP contribution is -1.96. The van der Waals surface area contributed by atoms with Gasteiger partial charge < -0.3 is 9.52 Å². The van der Waals surface area contributed by atoms with Crippen LogP contribution in [0.2, 0.25) is 0 Å². The molecular formula is C18H16O3S. The number of carboxylic acids is 1. The molecule has 1 N–H and O–H groups in total. The quantitative estimate of drug-likeness (QED) is 0.693. The average molecular weight is 312 g/mol. The van der Waals surface area contributed by atoms with Crippen molar-refractivity contribution in [1.29, 1.82) is 0 Å². The molecule has 0 saturated heterocycles. The Kier molecular flexibility index (Phi) is 3.26. The zero-order valence-corrected chi connectivity index (χ0v) is 12.9. The van der Waals surface area contributed by atoms with Crippen LogP contribution < -0.4 is 0 Å². The Morgan fingerprint density at radius 3 is 2.73 bits per heavy atom. The summed E-state index contributed by atoms with van der Waals surface area (Å²) in [5.41, 5.74) is 2.83. The van der Waals surface area contributed by atoms with Gasteiger partial charge in [-0.25, -0.2) is 4.79 Å². The fourth-order valence-electron chi connectivity index (χ4n) is 3.48. The third-order valence-corrected chi connectivity index (χ3v) is 5.74. The molecule has 0 amide bonds. The van der Waals surface area contributed by atoms with Crippen LogP contribution in [0.4, 0.5) is 0 Å². The van der Waals surface area contributed by atoms with E-state index in [1.165, 1.54) is 41.5 Å². The van der Waals surface area contributed by atoms with Crippen molar-refractivity contribution < 1.29 is 14.3 Å². The fraction of sp³-hybridized carbons (Fsp3) is 0.278. The van der Waals surface area contributed by atoms with Crippen molar-refractivity contribution in [2.45, 2.75) is 31.6 Å². The molecule has 0 spiro atoms. The van der Waals surface area contributed by atoms with E-state index in [-0.39, 0.29) is 0 Å². The predicted octanol–water partition coefficient (Wildman–Crippen LogP) is 5.52. The zero-order chi connectivity index (χ0) is 15.1. The number of thiophene rings is 1. The van der Waals surface area contributed by atoms with E-state index in [4.69, 9.17) is 4.42 Å². The number of benzene rings is 1. The molecule has 1 fully saturated rings. The summed E-state index contributed by atoms with van der Waals surface area (Å²) in [6.45, 7) is 0. The largest absolute Gasteiger partial charge is 0.478 e. The number of hydrogen-bond acceptors (Lipinski definition) is 3. The molecular weight excluding hydrogens is 296 g/mol. The number of fused-ring (bicyclic) bond motifs is 1. The summed E-state index contributed by atoms with van der Waals surface area (Å²) in [6, 6.07) is 7.48. The molecule has 1 aliphatic carbocycles. The summed E-state index contributed by atoms with van der Waals surface area (Å²) >= 11 is 1.68. The summed E-state index contributed by atoms with van der Waals surface area (Å²) in [4.78, 5) is 12.4. The minimum atomic E-state index is -0.873. The molecule has 2 aromatic heterocycles. The van der Waals surface area contributed by atoms with Crippen LogP contribution in [0.15, 0.2) is 41.2 Å². The van der Waals surface area contributed by atoms with Gasteiger partial charge in [-0.2, -0.15) is 0 Å². The average Bonchev–Trinajstić information content (AvgIpc) is 3.25. The Hall–Kier alpha value is -2.07. The molecule has 0 unspecified atom stereocenters. The van der Waals surface area contributed by atoms with Crippen molar-refractivity contribution in [3.05, 3.63) is 47.9 Å². The van der Waals surface area contributed by atoms with Gasteiger partial charge in [0.1, 0.15) is 0 Å². The molecule has 0 atom stereocenters. The van der Waals surface area contributed by atoms with Crippen LogP contribution in [0, 0.1) is 0 Å². The van der Waals surface area contributed by atoms with Gasteiger partial charge in [0.15, 0.2) is 0 Å². The lowest BCUT2D eigenvalue weighted by Gasteiger charge is -2.11. The first-order chi connectivity index (χ1) is 10.7. The van der Waals surface area contributed by atoms with Crippen LogP contribution in [-0.4, -0.2) is 11.1 Å². The Balaban J connectivity index is 1.95. The highest BCUT2D eigenvalue weighted by atomic mass is 32.1. The second-order valence-corrected chi connectivity index (χ2v) is 6.91. The van der Waals surface area contributed by atoms with Crippen LogP contribution in [-0.2, 0) is 0 Å². The summed E-state index contributed by atoms with van der Waals surface area (Å²) < 4.78 is 6.31. The Bertz CT molecular complexity index is 824. The van der Waals surface area contributed by atoms with Gasteiger partial charge in [0.05, 0.1) is 18.1 Å². The van der Waals surface area contributed by atoms with E-state index in [0.717, 1.165) is 10.3 Å². The minimum Gasteiger partial charge on any atom is -0.478 e. The highest BCUT2D eigenvalue weighted by molar-refractivity contribution is 7.22. The summed E-state index contributed by atoms with van der Waals surface area (Å²) in [6.07, 6.45) is 8.47. The van der Waals surface area contributed by atoms with E-state index in [2.05, 4.69) is 0 Å². The van der Waals surface area contributed by atoms with Crippen LogP contribution >= 0.6 is 11.3 Å². The number of rotatable bonds is 3. The molecule has 0 bridgehead atoms. The molecule has 1 aliphatic rings. The van der Waals surface area contributed by atoms with Gasteiger partial charge in [0.2, 0.25) is 0 Å². The fourth-order valence-corrected chi connectivity index (χ4v) is 4.79. The Morgan fingerprint density at radius 1 is 1.23 bits per heavy atom. The Morgan fingerprint density at radius 2 is 2.05 bits per heavy atom. The monoisotopic (exact) mass is 312 g/mol. The van der Waals surface area contributed by atoms with Gasteiger partial charge in [-0.15, -0.1) is 11.3 Å². The lowest BCUT2D eigenvalue weighted by atomic mass is 9.93. The van der Waals surface area contributed by atoms with Crippen molar-refractivity contribution in [1.82, 2.24) is 0 Å². The number of furan rings is 1. The summed E-state index contributed by atoms with van der Waals surface area (Å²) in [5.74, 6) is -0.295. The molecule has 4 heteroatoms. The van der Waals surface area contributed by atoms with Crippen molar-refractivity contribution >= 4 is 27.4 Å². The van der Waals surface area contributed by atoms with Crippen molar-refractivity contribution in [2.24, 2.45) is 0 Å². The molecule has 4 rings (SSSR count). The smallest absolute Gasteiger partial charge is 0.335 e. The van der Waals surface area contributed by atoms with Gasteiger partial charge in [-0.1, -0.05) is 18.9 Å². The predicted molar refractivity (Wildman–Crippen MR) is 87.7 cm³/mol. The van der Waals surface area contributed by atoms with Gasteiger partial charge in [0, 0.05) is 15.1 Å². The van der Waals surface area contributed by atoms with Crippen LogP contribution in [0.3, 0.4) is 0 Å². The second-order valence-electron chi connectivity index (χ2n) is 5.85. The first-order valence-corrected chi connectivity index (χ1v) is 8.38. The third kappa shape index (κ3) is 2.15. The van der Waals surface area contributed by atoms with E-state index >= 15 is 0 Å². The molecule has 0 aliphatic heterocycles.